The fourth-order valence-corrected chi connectivity index (χ4v) is 7.04. The van der Waals surface area contributed by atoms with Crippen LogP contribution in [-0.4, -0.2) is 53.7 Å². The van der Waals surface area contributed by atoms with E-state index in [0.717, 1.165) is 24.8 Å². The number of ether oxygens (including phenoxy) is 4. The van der Waals surface area contributed by atoms with E-state index in [4.69, 9.17) is 18.9 Å². The van der Waals surface area contributed by atoms with Gasteiger partial charge in [-0.1, -0.05) is 25.5 Å². The molecule has 1 spiro atoms. The molecule has 0 bridgehead atoms. The van der Waals surface area contributed by atoms with E-state index in [0.29, 0.717) is 25.9 Å². The lowest BCUT2D eigenvalue weighted by molar-refractivity contribution is -0.181. The van der Waals surface area contributed by atoms with Crippen molar-refractivity contribution in [3.8, 4) is 0 Å². The molecule has 192 valence electrons. The Balaban J connectivity index is 1.97. The van der Waals surface area contributed by atoms with E-state index in [1.54, 1.807) is 13.8 Å². The minimum Gasteiger partial charge on any atom is -0.462 e. The molecule has 1 aliphatic heterocycles. The van der Waals surface area contributed by atoms with Gasteiger partial charge in [0.15, 0.2) is 0 Å². The van der Waals surface area contributed by atoms with Crippen LogP contribution in [0.3, 0.4) is 0 Å². The van der Waals surface area contributed by atoms with Crippen molar-refractivity contribution in [1.29, 1.82) is 0 Å². The third-order valence-electron chi connectivity index (χ3n) is 8.12. The summed E-state index contributed by atoms with van der Waals surface area (Å²) in [5, 5.41) is 10.6. The molecular formula is C26H40O8. The van der Waals surface area contributed by atoms with E-state index in [-0.39, 0.29) is 34.7 Å². The van der Waals surface area contributed by atoms with Gasteiger partial charge in [0.25, 0.3) is 0 Å². The SMILES string of the molecule is C=C1C[C@H](OC(C)=O)[C@H]2[C@](C)(CC[C@H](OC(C)=O)C(C)(C)O)CCC[C@@]23CO[C@H](OC(C)=O)[C@@H]13. The average Bonchev–Trinajstić information content (AvgIpc) is 3.01. The molecule has 8 heteroatoms. The molecule has 7 atom stereocenters. The Kier molecular flexibility index (Phi) is 7.54. The van der Waals surface area contributed by atoms with Gasteiger partial charge in [0, 0.05) is 38.5 Å². The van der Waals surface area contributed by atoms with Crippen molar-refractivity contribution in [2.24, 2.45) is 22.7 Å². The minimum absolute atomic E-state index is 0.0616. The number of carbonyl (C=O) groups is 3. The van der Waals surface area contributed by atoms with Gasteiger partial charge in [-0.2, -0.15) is 0 Å². The van der Waals surface area contributed by atoms with E-state index in [1.165, 1.54) is 20.8 Å². The van der Waals surface area contributed by atoms with Gasteiger partial charge >= 0.3 is 17.9 Å². The first-order valence-corrected chi connectivity index (χ1v) is 12.2. The van der Waals surface area contributed by atoms with Crippen molar-refractivity contribution in [2.45, 2.75) is 104 Å². The molecular weight excluding hydrogens is 440 g/mol. The van der Waals surface area contributed by atoms with Gasteiger partial charge in [0.1, 0.15) is 12.2 Å². The van der Waals surface area contributed by atoms with Crippen LogP contribution in [0.2, 0.25) is 0 Å². The summed E-state index contributed by atoms with van der Waals surface area (Å²) in [7, 11) is 0. The molecule has 3 rings (SSSR count). The molecule has 34 heavy (non-hydrogen) atoms. The van der Waals surface area contributed by atoms with Crippen LogP contribution >= 0.6 is 0 Å². The zero-order chi connectivity index (χ0) is 25.5. The smallest absolute Gasteiger partial charge is 0.304 e. The normalized spacial score (nSPS) is 36.1. The summed E-state index contributed by atoms with van der Waals surface area (Å²) in [5.74, 6) is -1.41. The number of rotatable bonds is 7. The molecule has 0 aromatic rings. The van der Waals surface area contributed by atoms with Crippen LogP contribution in [-0.2, 0) is 33.3 Å². The van der Waals surface area contributed by atoms with Crippen molar-refractivity contribution in [3.63, 3.8) is 0 Å². The summed E-state index contributed by atoms with van der Waals surface area (Å²) in [5.41, 5.74) is -0.974. The van der Waals surface area contributed by atoms with Crippen LogP contribution in [0.15, 0.2) is 12.2 Å². The molecule has 1 saturated heterocycles. The monoisotopic (exact) mass is 480 g/mol. The first-order chi connectivity index (χ1) is 15.7. The zero-order valence-corrected chi connectivity index (χ0v) is 21.3. The summed E-state index contributed by atoms with van der Waals surface area (Å²) in [4.78, 5) is 35.5. The maximum Gasteiger partial charge on any atom is 0.304 e. The van der Waals surface area contributed by atoms with Gasteiger partial charge in [-0.15, -0.1) is 0 Å². The highest BCUT2D eigenvalue weighted by Gasteiger charge is 2.66. The molecule has 1 heterocycles. The van der Waals surface area contributed by atoms with E-state index < -0.39 is 29.9 Å². The van der Waals surface area contributed by atoms with Gasteiger partial charge in [0.05, 0.1) is 18.1 Å². The summed E-state index contributed by atoms with van der Waals surface area (Å²) in [6, 6.07) is 0. The van der Waals surface area contributed by atoms with Crippen LogP contribution in [0.25, 0.3) is 0 Å². The van der Waals surface area contributed by atoms with E-state index in [1.807, 2.05) is 0 Å². The molecule has 0 unspecified atom stereocenters. The standard InChI is InChI=1S/C26H40O8/c1-15-13-19(32-16(2)27)22-25(7,12-9-20(24(5,6)30)33-17(3)28)10-8-11-26(22)14-31-23(21(15)26)34-18(4)29/h19-23,30H,1,8-14H2,2-7H3/t19-,20-,21+,22-,23+,25-,26-/m0/s1. The summed E-state index contributed by atoms with van der Waals surface area (Å²) < 4.78 is 23.0. The van der Waals surface area contributed by atoms with Crippen LogP contribution in [0.4, 0.5) is 0 Å². The third-order valence-corrected chi connectivity index (χ3v) is 8.12. The van der Waals surface area contributed by atoms with Gasteiger partial charge < -0.3 is 24.1 Å². The minimum atomic E-state index is -1.19. The Morgan fingerprint density at radius 1 is 1.15 bits per heavy atom. The Bertz CT molecular complexity index is 829. The van der Waals surface area contributed by atoms with Crippen molar-refractivity contribution < 1.29 is 38.4 Å². The predicted octanol–water partition coefficient (Wildman–Crippen LogP) is 3.69. The van der Waals surface area contributed by atoms with Gasteiger partial charge in [-0.05, 0) is 44.9 Å². The second-order valence-electron chi connectivity index (χ2n) is 11.3. The molecule has 0 aromatic heterocycles. The number of hydrogen-bond donors (Lipinski definition) is 1. The number of hydrogen-bond acceptors (Lipinski definition) is 8. The Labute approximate surface area is 202 Å². The quantitative estimate of drug-likeness (QED) is 0.334. The summed E-state index contributed by atoms with van der Waals surface area (Å²) in [6.45, 7) is 14.3. The van der Waals surface area contributed by atoms with E-state index >= 15 is 0 Å². The molecule has 2 aliphatic carbocycles. The van der Waals surface area contributed by atoms with Gasteiger partial charge in [-0.3, -0.25) is 14.4 Å². The first kappa shape index (κ1) is 26.7. The molecule has 3 fully saturated rings. The van der Waals surface area contributed by atoms with Crippen LogP contribution < -0.4 is 0 Å². The highest BCUT2D eigenvalue weighted by Crippen LogP contribution is 2.66. The summed E-state index contributed by atoms with van der Waals surface area (Å²) in [6.07, 6.45) is 2.56. The lowest BCUT2D eigenvalue weighted by Crippen LogP contribution is -2.59. The Morgan fingerprint density at radius 3 is 2.35 bits per heavy atom. The highest BCUT2D eigenvalue weighted by atomic mass is 16.7. The average molecular weight is 481 g/mol. The zero-order valence-electron chi connectivity index (χ0n) is 21.3. The van der Waals surface area contributed by atoms with Crippen LogP contribution in [0.5, 0.6) is 0 Å². The fourth-order valence-electron chi connectivity index (χ4n) is 7.04. The first-order valence-electron chi connectivity index (χ1n) is 12.2. The predicted molar refractivity (Wildman–Crippen MR) is 123 cm³/mol. The largest absolute Gasteiger partial charge is 0.462 e. The molecule has 2 saturated carbocycles. The highest BCUT2D eigenvalue weighted by molar-refractivity contribution is 5.67. The molecule has 3 aliphatic rings. The number of carbonyl (C=O) groups excluding carboxylic acids is 3. The fraction of sp³-hybridized carbons (Fsp3) is 0.808. The second-order valence-corrected chi connectivity index (χ2v) is 11.3. The Hall–Kier alpha value is -1.93. The third kappa shape index (κ3) is 5.18. The van der Waals surface area contributed by atoms with Gasteiger partial charge in [0.2, 0.25) is 6.29 Å². The number of esters is 3. The van der Waals surface area contributed by atoms with Crippen molar-refractivity contribution in [3.05, 3.63) is 12.2 Å². The molecule has 8 nitrogen and oxygen atoms in total. The van der Waals surface area contributed by atoms with Gasteiger partial charge in [-0.25, -0.2) is 0 Å². The maximum atomic E-state index is 12.1. The molecule has 0 amide bonds. The van der Waals surface area contributed by atoms with Crippen molar-refractivity contribution in [2.75, 3.05) is 6.61 Å². The van der Waals surface area contributed by atoms with Crippen LogP contribution in [0, 0.1) is 22.7 Å². The lowest BCUT2D eigenvalue weighted by Gasteiger charge is -2.59. The lowest BCUT2D eigenvalue weighted by atomic mass is 9.45. The maximum absolute atomic E-state index is 12.1. The summed E-state index contributed by atoms with van der Waals surface area (Å²) >= 11 is 0. The molecule has 1 N–H and O–H groups in total. The molecule has 0 aromatic carbocycles. The van der Waals surface area contributed by atoms with E-state index in [2.05, 4.69) is 13.5 Å². The number of aliphatic hydroxyl groups is 1. The molecule has 0 radical (unpaired) electrons. The van der Waals surface area contributed by atoms with Crippen molar-refractivity contribution in [1.82, 2.24) is 0 Å². The van der Waals surface area contributed by atoms with Crippen molar-refractivity contribution >= 4 is 17.9 Å². The second kappa shape index (κ2) is 9.61. The van der Waals surface area contributed by atoms with Crippen LogP contribution in [0.1, 0.15) is 80.1 Å². The van der Waals surface area contributed by atoms with E-state index in [9.17, 15) is 19.5 Å². The topological polar surface area (TPSA) is 108 Å². The Morgan fingerprint density at radius 2 is 1.79 bits per heavy atom.